The van der Waals surface area contributed by atoms with Crippen LogP contribution in [0.1, 0.15) is 42.6 Å². The van der Waals surface area contributed by atoms with E-state index in [-0.39, 0.29) is 23.8 Å². The first kappa shape index (κ1) is 17.8. The zero-order valence-electron chi connectivity index (χ0n) is 14.4. The van der Waals surface area contributed by atoms with Crippen LogP contribution in [-0.4, -0.2) is 15.0 Å². The second kappa shape index (κ2) is 6.35. The van der Waals surface area contributed by atoms with Crippen LogP contribution in [0.2, 0.25) is 0 Å². The first-order valence-corrected chi connectivity index (χ1v) is 8.56. The lowest BCUT2D eigenvalue weighted by Gasteiger charge is -2.15. The molecule has 3 N–H and O–H groups in total. The van der Waals surface area contributed by atoms with Crippen LogP contribution in [0, 0.1) is 13.8 Å². The molecule has 132 valence electrons. The Morgan fingerprint density at radius 3 is 2.56 bits per heavy atom. The van der Waals surface area contributed by atoms with Crippen LogP contribution in [0.15, 0.2) is 22.6 Å². The maximum Gasteiger partial charge on any atom is 0.228 e. The van der Waals surface area contributed by atoms with E-state index >= 15 is 0 Å². The van der Waals surface area contributed by atoms with E-state index in [9.17, 15) is 0 Å². The highest BCUT2D eigenvalue weighted by Crippen LogP contribution is 2.32. The normalized spacial score (nSPS) is 13.2. The molecule has 6 nitrogen and oxygen atoms in total. The Kier molecular flexibility index (Phi) is 4.51. The van der Waals surface area contributed by atoms with Gasteiger partial charge in [-0.05, 0) is 51.0 Å². The number of hydrogen-bond acceptors (Lipinski definition) is 6. The van der Waals surface area contributed by atoms with Gasteiger partial charge in [0.2, 0.25) is 11.9 Å². The number of halogens is 2. The predicted molar refractivity (Wildman–Crippen MR) is 101 cm³/mol. The molecule has 25 heavy (non-hydrogen) atoms. The smallest absolute Gasteiger partial charge is 0.228 e. The molecule has 0 fully saturated rings. The zero-order chi connectivity index (χ0) is 18.4. The molecule has 0 saturated heterocycles. The van der Waals surface area contributed by atoms with Gasteiger partial charge < -0.3 is 15.5 Å². The Hall–Kier alpha value is -2.05. The minimum atomic E-state index is -1.26. The highest BCUT2D eigenvalue weighted by Gasteiger charge is 2.25. The SMILES string of the molecule is Cc1cc(C)c2cc(C(C)Nc3nc(N)nc(C(C)(Cl)Cl)n3)oc2c1. The van der Waals surface area contributed by atoms with Gasteiger partial charge in [0.15, 0.2) is 10.2 Å². The molecular weight excluding hydrogens is 361 g/mol. The van der Waals surface area contributed by atoms with Crippen molar-refractivity contribution in [1.29, 1.82) is 0 Å². The Morgan fingerprint density at radius 1 is 1.16 bits per heavy atom. The Bertz CT molecular complexity index is 933. The molecule has 1 atom stereocenters. The third kappa shape index (κ3) is 3.80. The number of hydrogen-bond donors (Lipinski definition) is 2. The summed E-state index contributed by atoms with van der Waals surface area (Å²) in [5, 5.41) is 4.24. The van der Waals surface area contributed by atoms with Gasteiger partial charge in [0.1, 0.15) is 11.3 Å². The van der Waals surface area contributed by atoms with Gasteiger partial charge in [-0.3, -0.25) is 0 Å². The first-order chi connectivity index (χ1) is 11.6. The predicted octanol–water partition coefficient (Wildman–Crippen LogP) is 4.64. The first-order valence-electron chi connectivity index (χ1n) is 7.80. The molecule has 2 heterocycles. The van der Waals surface area contributed by atoms with Gasteiger partial charge in [0, 0.05) is 5.39 Å². The van der Waals surface area contributed by atoms with E-state index in [1.54, 1.807) is 6.92 Å². The van der Waals surface area contributed by atoms with Crippen LogP contribution in [0.5, 0.6) is 0 Å². The van der Waals surface area contributed by atoms with Crippen LogP contribution in [0.25, 0.3) is 11.0 Å². The van der Waals surface area contributed by atoms with Gasteiger partial charge in [0.05, 0.1) is 6.04 Å². The third-order valence-corrected chi connectivity index (χ3v) is 4.16. The van der Waals surface area contributed by atoms with Gasteiger partial charge in [-0.1, -0.05) is 29.3 Å². The number of furan rings is 1. The lowest BCUT2D eigenvalue weighted by atomic mass is 10.1. The van der Waals surface area contributed by atoms with Crippen molar-refractivity contribution in [3.8, 4) is 0 Å². The number of nitrogens with zero attached hydrogens (tertiary/aromatic N) is 3. The van der Waals surface area contributed by atoms with Crippen molar-refractivity contribution in [1.82, 2.24) is 15.0 Å². The van der Waals surface area contributed by atoms with E-state index in [2.05, 4.69) is 33.3 Å². The lowest BCUT2D eigenvalue weighted by molar-refractivity contribution is 0.524. The Labute approximate surface area is 155 Å². The highest BCUT2D eigenvalue weighted by atomic mass is 35.5. The lowest BCUT2D eigenvalue weighted by Crippen LogP contribution is -2.17. The molecule has 3 aromatic rings. The minimum Gasteiger partial charge on any atom is -0.459 e. The van der Waals surface area contributed by atoms with E-state index < -0.39 is 4.33 Å². The molecule has 8 heteroatoms. The van der Waals surface area contributed by atoms with Gasteiger partial charge >= 0.3 is 0 Å². The van der Waals surface area contributed by atoms with Crippen molar-refractivity contribution in [2.45, 2.75) is 38.1 Å². The molecule has 2 aromatic heterocycles. The molecule has 0 aliphatic rings. The number of nitrogen functional groups attached to an aromatic ring is 1. The summed E-state index contributed by atoms with van der Waals surface area (Å²) < 4.78 is 4.72. The molecule has 0 spiro atoms. The number of anilines is 2. The van der Waals surface area contributed by atoms with E-state index in [0.29, 0.717) is 0 Å². The van der Waals surface area contributed by atoms with Gasteiger partial charge in [-0.15, -0.1) is 0 Å². The summed E-state index contributed by atoms with van der Waals surface area (Å²) in [5.41, 5.74) is 8.91. The highest BCUT2D eigenvalue weighted by molar-refractivity contribution is 6.47. The van der Waals surface area contributed by atoms with Crippen molar-refractivity contribution >= 4 is 46.1 Å². The standard InChI is InChI=1S/C17H19Cl2N5O/c1-8-5-9(2)11-7-12(25-13(11)6-8)10(3)21-16-23-14(17(4,18)19)22-15(20)24-16/h5-7,10H,1-4H3,(H3,20,21,22,23,24). The average Bonchev–Trinajstić information content (AvgIpc) is 2.90. The number of aromatic nitrogens is 3. The fourth-order valence-corrected chi connectivity index (χ4v) is 2.81. The van der Waals surface area contributed by atoms with Crippen molar-refractivity contribution in [3.05, 3.63) is 40.9 Å². The van der Waals surface area contributed by atoms with Crippen LogP contribution >= 0.6 is 23.2 Å². The Balaban J connectivity index is 1.91. The summed E-state index contributed by atoms with van der Waals surface area (Å²) in [6.07, 6.45) is 0. The number of rotatable bonds is 4. The van der Waals surface area contributed by atoms with Crippen molar-refractivity contribution < 1.29 is 4.42 Å². The fraction of sp³-hybridized carbons (Fsp3) is 0.353. The number of aryl methyl sites for hydroxylation is 2. The molecule has 0 aliphatic carbocycles. The third-order valence-electron chi connectivity index (χ3n) is 3.83. The van der Waals surface area contributed by atoms with Crippen molar-refractivity contribution in [3.63, 3.8) is 0 Å². The van der Waals surface area contributed by atoms with E-state index in [0.717, 1.165) is 22.3 Å². The molecule has 3 rings (SSSR count). The minimum absolute atomic E-state index is 0.0447. The summed E-state index contributed by atoms with van der Waals surface area (Å²) in [6.45, 7) is 7.62. The monoisotopic (exact) mass is 379 g/mol. The van der Waals surface area contributed by atoms with E-state index in [1.165, 1.54) is 5.56 Å². The summed E-state index contributed by atoms with van der Waals surface area (Å²) in [5.74, 6) is 1.29. The maximum absolute atomic E-state index is 6.05. The number of nitrogens with two attached hydrogens (primary N) is 1. The molecule has 0 aliphatic heterocycles. The van der Waals surface area contributed by atoms with Crippen LogP contribution in [0.4, 0.5) is 11.9 Å². The van der Waals surface area contributed by atoms with Gasteiger partial charge in [0.25, 0.3) is 0 Å². The number of benzene rings is 1. The molecular formula is C17H19Cl2N5O. The molecule has 0 amide bonds. The summed E-state index contributed by atoms with van der Waals surface area (Å²) >= 11 is 12.1. The van der Waals surface area contributed by atoms with E-state index in [1.807, 2.05) is 26.0 Å². The van der Waals surface area contributed by atoms with Gasteiger partial charge in [-0.2, -0.15) is 15.0 Å². The van der Waals surface area contributed by atoms with Crippen molar-refractivity contribution in [2.75, 3.05) is 11.1 Å². The summed E-state index contributed by atoms with van der Waals surface area (Å²) in [6, 6.07) is 5.98. The molecule has 1 unspecified atom stereocenters. The zero-order valence-corrected chi connectivity index (χ0v) is 15.9. The summed E-state index contributed by atoms with van der Waals surface area (Å²) in [4.78, 5) is 12.3. The Morgan fingerprint density at radius 2 is 1.88 bits per heavy atom. The summed E-state index contributed by atoms with van der Waals surface area (Å²) in [7, 11) is 0. The second-order valence-electron chi connectivity index (χ2n) is 6.24. The average molecular weight is 380 g/mol. The molecule has 0 radical (unpaired) electrons. The van der Waals surface area contributed by atoms with Crippen LogP contribution in [-0.2, 0) is 4.33 Å². The number of nitrogens with one attached hydrogen (secondary N) is 1. The fourth-order valence-electron chi connectivity index (χ4n) is 2.64. The largest absolute Gasteiger partial charge is 0.459 e. The molecule has 0 bridgehead atoms. The number of fused-ring (bicyclic) bond motifs is 1. The number of alkyl halides is 2. The second-order valence-corrected chi connectivity index (χ2v) is 7.94. The quantitative estimate of drug-likeness (QED) is 0.641. The molecule has 1 aromatic carbocycles. The van der Waals surface area contributed by atoms with Crippen LogP contribution < -0.4 is 11.1 Å². The van der Waals surface area contributed by atoms with Crippen molar-refractivity contribution in [2.24, 2.45) is 0 Å². The molecule has 0 saturated carbocycles. The topological polar surface area (TPSA) is 89.9 Å². The maximum atomic E-state index is 6.05. The van der Waals surface area contributed by atoms with Gasteiger partial charge in [-0.25, -0.2) is 0 Å². The van der Waals surface area contributed by atoms with E-state index in [4.69, 9.17) is 33.4 Å². The van der Waals surface area contributed by atoms with Crippen LogP contribution in [0.3, 0.4) is 0 Å².